The van der Waals surface area contributed by atoms with Crippen molar-refractivity contribution in [3.63, 3.8) is 0 Å². The molecule has 0 aromatic heterocycles. The van der Waals surface area contributed by atoms with Crippen LogP contribution in [0.4, 0.5) is 4.79 Å². The molecule has 0 atom stereocenters. The highest BCUT2D eigenvalue weighted by Gasteiger charge is 2.43. The van der Waals surface area contributed by atoms with E-state index in [0.717, 1.165) is 32.3 Å². The van der Waals surface area contributed by atoms with Gasteiger partial charge in [0.05, 0.1) is 18.6 Å². The first-order chi connectivity index (χ1) is 7.10. The third kappa shape index (κ3) is 2.28. The molecule has 2 aliphatic heterocycles. The summed E-state index contributed by atoms with van der Waals surface area (Å²) in [5, 5.41) is 0. The van der Waals surface area contributed by atoms with Crippen LogP contribution < -0.4 is 5.73 Å². The molecule has 84 valence electrons. The van der Waals surface area contributed by atoms with Crippen LogP contribution in [0.3, 0.4) is 0 Å². The lowest BCUT2D eigenvalue weighted by Gasteiger charge is -2.45. The van der Waals surface area contributed by atoms with Gasteiger partial charge in [0, 0.05) is 0 Å². The van der Waals surface area contributed by atoms with Crippen molar-refractivity contribution in [1.29, 1.82) is 0 Å². The third-order valence-electron chi connectivity index (χ3n) is 3.32. The van der Waals surface area contributed by atoms with E-state index in [1.54, 1.807) is 0 Å². The van der Waals surface area contributed by atoms with Crippen molar-refractivity contribution >= 4 is 12.1 Å². The summed E-state index contributed by atoms with van der Waals surface area (Å²) < 4.78 is 9.98. The number of ether oxygens (including phenoxy) is 2. The SMILES string of the molecule is NC(=O)OC(=O)CC12CCC(CC1)CO2. The Bertz CT molecular complexity index is 267. The van der Waals surface area contributed by atoms with Crippen LogP contribution in [0.1, 0.15) is 32.1 Å². The van der Waals surface area contributed by atoms with Gasteiger partial charge >= 0.3 is 12.1 Å². The fourth-order valence-corrected chi connectivity index (χ4v) is 2.45. The molecule has 0 aromatic rings. The first-order valence-corrected chi connectivity index (χ1v) is 5.24. The molecule has 3 fully saturated rings. The standard InChI is InChI=1S/C10H15NO4/c11-9(13)15-8(12)5-10-3-1-7(2-4-10)6-14-10/h7H,1-6H2,(H2,11,13). The van der Waals surface area contributed by atoms with Gasteiger partial charge in [-0.05, 0) is 31.6 Å². The summed E-state index contributed by atoms with van der Waals surface area (Å²) in [6.07, 6.45) is 3.06. The average Bonchev–Trinajstić information content (AvgIpc) is 2.18. The molecule has 3 aliphatic rings. The van der Waals surface area contributed by atoms with Crippen LogP contribution in [0.5, 0.6) is 0 Å². The van der Waals surface area contributed by atoms with E-state index in [4.69, 9.17) is 10.5 Å². The van der Waals surface area contributed by atoms with E-state index in [1.165, 1.54) is 0 Å². The lowest BCUT2D eigenvalue weighted by atomic mass is 9.74. The number of carbonyl (C=O) groups is 2. The maximum absolute atomic E-state index is 11.3. The van der Waals surface area contributed by atoms with Crippen LogP contribution in [0, 0.1) is 5.92 Å². The number of nitrogens with two attached hydrogens (primary N) is 1. The van der Waals surface area contributed by atoms with E-state index in [1.807, 2.05) is 0 Å². The van der Waals surface area contributed by atoms with Crippen LogP contribution in [0.25, 0.3) is 0 Å². The van der Waals surface area contributed by atoms with Crippen molar-refractivity contribution < 1.29 is 19.1 Å². The number of carbonyl (C=O) groups excluding carboxylic acids is 2. The van der Waals surface area contributed by atoms with Crippen LogP contribution in [-0.4, -0.2) is 24.3 Å². The van der Waals surface area contributed by atoms with Crippen LogP contribution in [0.15, 0.2) is 0 Å². The topological polar surface area (TPSA) is 78.6 Å². The molecule has 0 unspecified atom stereocenters. The van der Waals surface area contributed by atoms with E-state index < -0.39 is 12.1 Å². The molecule has 0 aromatic carbocycles. The minimum Gasteiger partial charge on any atom is -0.376 e. The third-order valence-corrected chi connectivity index (χ3v) is 3.32. The Morgan fingerprint density at radius 3 is 2.53 bits per heavy atom. The molecule has 2 bridgehead atoms. The van der Waals surface area contributed by atoms with Gasteiger partial charge < -0.3 is 15.2 Å². The van der Waals surface area contributed by atoms with E-state index in [0.29, 0.717) is 5.92 Å². The first-order valence-electron chi connectivity index (χ1n) is 5.24. The molecule has 5 nitrogen and oxygen atoms in total. The predicted molar refractivity (Wildman–Crippen MR) is 50.9 cm³/mol. The van der Waals surface area contributed by atoms with Gasteiger partial charge in [-0.15, -0.1) is 0 Å². The second-order valence-electron chi connectivity index (χ2n) is 4.41. The first kappa shape index (κ1) is 10.4. The fourth-order valence-electron chi connectivity index (χ4n) is 2.45. The zero-order valence-corrected chi connectivity index (χ0v) is 8.53. The summed E-state index contributed by atoms with van der Waals surface area (Å²) in [5.74, 6) is 0.0712. The van der Waals surface area contributed by atoms with Crippen molar-refractivity contribution in [2.75, 3.05) is 6.61 Å². The van der Waals surface area contributed by atoms with Crippen molar-refractivity contribution in [1.82, 2.24) is 0 Å². The number of fused-ring (bicyclic) bond motifs is 3. The maximum Gasteiger partial charge on any atom is 0.412 e. The number of primary amides is 1. The molecule has 3 rings (SSSR count). The number of amides is 1. The molecule has 5 heteroatoms. The summed E-state index contributed by atoms with van der Waals surface area (Å²) >= 11 is 0. The molecule has 2 saturated heterocycles. The van der Waals surface area contributed by atoms with E-state index >= 15 is 0 Å². The zero-order chi connectivity index (χ0) is 10.9. The van der Waals surface area contributed by atoms with Crippen LogP contribution in [-0.2, 0) is 14.3 Å². The Kier molecular flexibility index (Phi) is 2.65. The Morgan fingerprint density at radius 2 is 2.07 bits per heavy atom. The summed E-state index contributed by atoms with van der Waals surface area (Å²) in [6, 6.07) is 0. The quantitative estimate of drug-likeness (QED) is 0.547. The summed E-state index contributed by atoms with van der Waals surface area (Å²) in [7, 11) is 0. The monoisotopic (exact) mass is 213 g/mol. The van der Waals surface area contributed by atoms with Gasteiger partial charge in [0.15, 0.2) is 0 Å². The molecule has 1 amide bonds. The summed E-state index contributed by atoms with van der Waals surface area (Å²) in [5.41, 5.74) is 4.38. The number of esters is 1. The zero-order valence-electron chi connectivity index (χ0n) is 8.53. The molecule has 2 heterocycles. The van der Waals surface area contributed by atoms with Crippen LogP contribution in [0.2, 0.25) is 0 Å². The summed E-state index contributed by atoms with van der Waals surface area (Å²) in [6.45, 7) is 0.726. The number of hydrogen-bond donors (Lipinski definition) is 1. The van der Waals surface area contributed by atoms with Crippen LogP contribution >= 0.6 is 0 Å². The van der Waals surface area contributed by atoms with Crippen molar-refractivity contribution in [2.45, 2.75) is 37.7 Å². The van der Waals surface area contributed by atoms with Crippen molar-refractivity contribution in [3.8, 4) is 0 Å². The molecular weight excluding hydrogens is 198 g/mol. The van der Waals surface area contributed by atoms with Gasteiger partial charge in [-0.2, -0.15) is 0 Å². The Labute approximate surface area is 87.9 Å². The Hall–Kier alpha value is -1.10. The highest BCUT2D eigenvalue weighted by molar-refractivity contribution is 5.84. The maximum atomic E-state index is 11.3. The molecular formula is C10H15NO4. The van der Waals surface area contributed by atoms with E-state index in [-0.39, 0.29) is 12.0 Å². The normalized spacial score (nSPS) is 33.7. The van der Waals surface area contributed by atoms with Gasteiger partial charge in [-0.1, -0.05) is 0 Å². The fraction of sp³-hybridized carbons (Fsp3) is 0.800. The molecule has 0 radical (unpaired) electrons. The molecule has 15 heavy (non-hydrogen) atoms. The second-order valence-corrected chi connectivity index (χ2v) is 4.41. The highest BCUT2D eigenvalue weighted by atomic mass is 16.6. The van der Waals surface area contributed by atoms with E-state index in [2.05, 4.69) is 4.74 Å². The highest BCUT2D eigenvalue weighted by Crippen LogP contribution is 2.43. The van der Waals surface area contributed by atoms with Gasteiger partial charge in [-0.3, -0.25) is 4.79 Å². The Balaban J connectivity index is 1.92. The smallest absolute Gasteiger partial charge is 0.376 e. The molecule has 1 saturated carbocycles. The van der Waals surface area contributed by atoms with Gasteiger partial charge in [0.25, 0.3) is 0 Å². The van der Waals surface area contributed by atoms with Gasteiger partial charge in [0.1, 0.15) is 0 Å². The second kappa shape index (κ2) is 3.81. The Morgan fingerprint density at radius 1 is 1.40 bits per heavy atom. The van der Waals surface area contributed by atoms with Gasteiger partial charge in [-0.25, -0.2) is 4.79 Å². The van der Waals surface area contributed by atoms with Crippen molar-refractivity contribution in [3.05, 3.63) is 0 Å². The number of hydrogen-bond acceptors (Lipinski definition) is 4. The minimum absolute atomic E-state index is 0.142. The predicted octanol–water partition coefficient (Wildman–Crippen LogP) is 0.958. The molecule has 1 aliphatic carbocycles. The van der Waals surface area contributed by atoms with E-state index in [9.17, 15) is 9.59 Å². The molecule has 0 spiro atoms. The van der Waals surface area contributed by atoms with Gasteiger partial charge in [0.2, 0.25) is 0 Å². The summed E-state index contributed by atoms with van der Waals surface area (Å²) in [4.78, 5) is 21.7. The average molecular weight is 213 g/mol. The lowest BCUT2D eigenvalue weighted by Crippen LogP contribution is -2.46. The largest absolute Gasteiger partial charge is 0.412 e. The molecule has 2 N–H and O–H groups in total. The number of rotatable bonds is 2. The van der Waals surface area contributed by atoms with Crippen molar-refractivity contribution in [2.24, 2.45) is 11.7 Å². The minimum atomic E-state index is -1.04. The lowest BCUT2D eigenvalue weighted by molar-refractivity contribution is -0.167.